The molecule has 4 nitrogen and oxygen atoms in total. The minimum absolute atomic E-state index is 0.133. The number of carbonyl (C=O) groups excluding carboxylic acids is 1. The Morgan fingerprint density at radius 1 is 1.24 bits per heavy atom. The number of rotatable bonds is 5. The van der Waals surface area contributed by atoms with Crippen LogP contribution in [0.2, 0.25) is 5.02 Å². The third-order valence-corrected chi connectivity index (χ3v) is 3.26. The van der Waals surface area contributed by atoms with Crippen LogP contribution in [0, 0.1) is 0 Å². The highest BCUT2D eigenvalue weighted by Crippen LogP contribution is 2.22. The van der Waals surface area contributed by atoms with Crippen LogP contribution < -0.4 is 10.1 Å². The SMILES string of the molecule is COc1ccc(NC(=O)Cc2ccc(Cl)cc2)cc1CO. The highest BCUT2D eigenvalue weighted by atomic mass is 35.5. The number of ether oxygens (including phenoxy) is 1. The quantitative estimate of drug-likeness (QED) is 0.892. The van der Waals surface area contributed by atoms with Gasteiger partial charge in [-0.15, -0.1) is 0 Å². The Kier molecular flexibility index (Phi) is 5.20. The number of nitrogens with one attached hydrogen (secondary N) is 1. The molecular weight excluding hydrogens is 290 g/mol. The van der Waals surface area contributed by atoms with E-state index in [0.29, 0.717) is 22.0 Å². The Morgan fingerprint density at radius 2 is 1.95 bits per heavy atom. The summed E-state index contributed by atoms with van der Waals surface area (Å²) in [6.45, 7) is -0.149. The molecule has 0 saturated heterocycles. The maximum Gasteiger partial charge on any atom is 0.228 e. The molecule has 0 unspecified atom stereocenters. The van der Waals surface area contributed by atoms with E-state index in [0.717, 1.165) is 5.56 Å². The number of hydrogen-bond acceptors (Lipinski definition) is 3. The largest absolute Gasteiger partial charge is 0.496 e. The Hall–Kier alpha value is -2.04. The molecule has 2 aromatic carbocycles. The second-order valence-electron chi connectivity index (χ2n) is 4.54. The van der Waals surface area contributed by atoms with E-state index in [-0.39, 0.29) is 18.9 Å². The summed E-state index contributed by atoms with van der Waals surface area (Å²) in [5, 5.41) is 12.7. The van der Waals surface area contributed by atoms with Gasteiger partial charge in [0, 0.05) is 16.3 Å². The van der Waals surface area contributed by atoms with Gasteiger partial charge in [0.05, 0.1) is 20.1 Å². The summed E-state index contributed by atoms with van der Waals surface area (Å²) < 4.78 is 5.12. The maximum atomic E-state index is 12.0. The molecule has 0 aromatic heterocycles. The molecule has 0 atom stereocenters. The fraction of sp³-hybridized carbons (Fsp3) is 0.188. The van der Waals surface area contributed by atoms with Crippen molar-refractivity contribution in [1.82, 2.24) is 0 Å². The van der Waals surface area contributed by atoms with Crippen LogP contribution >= 0.6 is 11.6 Å². The van der Waals surface area contributed by atoms with Gasteiger partial charge < -0.3 is 15.2 Å². The van der Waals surface area contributed by atoms with Crippen molar-refractivity contribution >= 4 is 23.2 Å². The van der Waals surface area contributed by atoms with E-state index in [1.54, 1.807) is 30.3 Å². The third kappa shape index (κ3) is 4.21. The van der Waals surface area contributed by atoms with Gasteiger partial charge in [-0.2, -0.15) is 0 Å². The lowest BCUT2D eigenvalue weighted by Crippen LogP contribution is -2.14. The summed E-state index contributed by atoms with van der Waals surface area (Å²) >= 11 is 5.80. The third-order valence-electron chi connectivity index (χ3n) is 3.01. The van der Waals surface area contributed by atoms with Gasteiger partial charge >= 0.3 is 0 Å². The van der Waals surface area contributed by atoms with E-state index < -0.39 is 0 Å². The van der Waals surface area contributed by atoms with Crippen molar-refractivity contribution in [2.45, 2.75) is 13.0 Å². The van der Waals surface area contributed by atoms with Crippen molar-refractivity contribution in [3.63, 3.8) is 0 Å². The van der Waals surface area contributed by atoms with Gasteiger partial charge in [0.25, 0.3) is 0 Å². The first kappa shape index (κ1) is 15.4. The van der Waals surface area contributed by atoms with Gasteiger partial charge in [-0.05, 0) is 35.9 Å². The second kappa shape index (κ2) is 7.11. The lowest BCUT2D eigenvalue weighted by atomic mass is 10.1. The van der Waals surface area contributed by atoms with Crippen molar-refractivity contribution in [1.29, 1.82) is 0 Å². The zero-order chi connectivity index (χ0) is 15.2. The Labute approximate surface area is 128 Å². The number of aliphatic hydroxyl groups is 1. The summed E-state index contributed by atoms with van der Waals surface area (Å²) in [4.78, 5) is 12.0. The standard InChI is InChI=1S/C16H16ClNO3/c1-21-15-7-6-14(9-12(15)10-19)18-16(20)8-11-2-4-13(17)5-3-11/h2-7,9,19H,8,10H2,1H3,(H,18,20). The van der Waals surface area contributed by atoms with Gasteiger partial charge in [0.1, 0.15) is 5.75 Å². The molecule has 2 rings (SSSR count). The molecule has 0 spiro atoms. The summed E-state index contributed by atoms with van der Waals surface area (Å²) in [6, 6.07) is 12.3. The number of anilines is 1. The van der Waals surface area contributed by atoms with Crippen molar-refractivity contribution < 1.29 is 14.6 Å². The maximum absolute atomic E-state index is 12.0. The van der Waals surface area contributed by atoms with Crippen molar-refractivity contribution in [2.75, 3.05) is 12.4 Å². The summed E-state index contributed by atoms with van der Waals surface area (Å²) in [5.41, 5.74) is 2.13. The molecule has 0 aliphatic rings. The lowest BCUT2D eigenvalue weighted by molar-refractivity contribution is -0.115. The normalized spacial score (nSPS) is 10.2. The molecule has 0 bridgehead atoms. The van der Waals surface area contributed by atoms with Gasteiger partial charge in [-0.1, -0.05) is 23.7 Å². The predicted octanol–water partition coefficient (Wildman–Crippen LogP) is 3.02. The van der Waals surface area contributed by atoms with Gasteiger partial charge in [0.15, 0.2) is 0 Å². The Balaban J connectivity index is 2.04. The number of aliphatic hydroxyl groups excluding tert-OH is 1. The first-order valence-electron chi connectivity index (χ1n) is 6.44. The van der Waals surface area contributed by atoms with Crippen LogP contribution in [0.4, 0.5) is 5.69 Å². The summed E-state index contributed by atoms with van der Waals surface area (Å²) in [6.07, 6.45) is 0.262. The molecule has 110 valence electrons. The topological polar surface area (TPSA) is 58.6 Å². The van der Waals surface area contributed by atoms with Crippen molar-refractivity contribution in [3.8, 4) is 5.75 Å². The average molecular weight is 306 g/mol. The molecule has 0 heterocycles. The first-order valence-corrected chi connectivity index (χ1v) is 6.82. The molecule has 0 radical (unpaired) electrons. The fourth-order valence-electron chi connectivity index (χ4n) is 1.97. The molecule has 0 aliphatic heterocycles. The fourth-order valence-corrected chi connectivity index (χ4v) is 2.10. The van der Waals surface area contributed by atoms with Crippen LogP contribution in [0.15, 0.2) is 42.5 Å². The van der Waals surface area contributed by atoms with E-state index in [1.165, 1.54) is 7.11 Å². The van der Waals surface area contributed by atoms with Gasteiger partial charge in [-0.3, -0.25) is 4.79 Å². The van der Waals surface area contributed by atoms with Crippen LogP contribution in [0.5, 0.6) is 5.75 Å². The summed E-state index contributed by atoms with van der Waals surface area (Å²) in [7, 11) is 1.54. The molecule has 0 fully saturated rings. The molecular formula is C16H16ClNO3. The average Bonchev–Trinajstić information content (AvgIpc) is 2.49. The molecule has 2 N–H and O–H groups in total. The number of halogens is 1. The van der Waals surface area contributed by atoms with Gasteiger partial charge in [-0.25, -0.2) is 0 Å². The van der Waals surface area contributed by atoms with E-state index in [9.17, 15) is 9.90 Å². The molecule has 2 aromatic rings. The molecule has 21 heavy (non-hydrogen) atoms. The minimum atomic E-state index is -0.149. The summed E-state index contributed by atoms with van der Waals surface area (Å²) in [5.74, 6) is 0.458. The molecule has 0 saturated carbocycles. The number of carbonyl (C=O) groups is 1. The minimum Gasteiger partial charge on any atom is -0.496 e. The van der Waals surface area contributed by atoms with Crippen LogP contribution in [0.25, 0.3) is 0 Å². The first-order chi connectivity index (χ1) is 10.1. The van der Waals surface area contributed by atoms with E-state index in [1.807, 2.05) is 12.1 Å². The second-order valence-corrected chi connectivity index (χ2v) is 4.97. The predicted molar refractivity (Wildman–Crippen MR) is 82.7 cm³/mol. The molecule has 1 amide bonds. The van der Waals surface area contributed by atoms with Crippen LogP contribution in [0.1, 0.15) is 11.1 Å². The van der Waals surface area contributed by atoms with Gasteiger partial charge in [0.2, 0.25) is 5.91 Å². The van der Waals surface area contributed by atoms with E-state index >= 15 is 0 Å². The number of benzene rings is 2. The van der Waals surface area contributed by atoms with Crippen molar-refractivity contribution in [3.05, 3.63) is 58.6 Å². The van der Waals surface area contributed by atoms with Crippen molar-refractivity contribution in [2.24, 2.45) is 0 Å². The highest BCUT2D eigenvalue weighted by molar-refractivity contribution is 6.30. The van der Waals surface area contributed by atoms with Crippen LogP contribution in [-0.4, -0.2) is 18.1 Å². The molecule has 5 heteroatoms. The smallest absolute Gasteiger partial charge is 0.228 e. The van der Waals surface area contributed by atoms with Crippen LogP contribution in [-0.2, 0) is 17.8 Å². The number of hydrogen-bond donors (Lipinski definition) is 2. The Bertz CT molecular complexity index is 626. The molecule has 0 aliphatic carbocycles. The Morgan fingerprint density at radius 3 is 2.57 bits per heavy atom. The van der Waals surface area contributed by atoms with E-state index in [4.69, 9.17) is 16.3 Å². The number of methoxy groups -OCH3 is 1. The number of amides is 1. The lowest BCUT2D eigenvalue weighted by Gasteiger charge is -2.10. The van der Waals surface area contributed by atoms with Crippen LogP contribution in [0.3, 0.4) is 0 Å². The monoisotopic (exact) mass is 305 g/mol. The highest BCUT2D eigenvalue weighted by Gasteiger charge is 2.07. The van der Waals surface area contributed by atoms with E-state index in [2.05, 4.69) is 5.32 Å². The zero-order valence-electron chi connectivity index (χ0n) is 11.6. The zero-order valence-corrected chi connectivity index (χ0v) is 12.4.